The van der Waals surface area contributed by atoms with Crippen LogP contribution < -0.4 is 5.32 Å². The third-order valence-electron chi connectivity index (χ3n) is 3.53. The van der Waals surface area contributed by atoms with Crippen LogP contribution in [0.2, 0.25) is 0 Å². The second kappa shape index (κ2) is 3.79. The zero-order valence-electron chi connectivity index (χ0n) is 11.3. The van der Waals surface area contributed by atoms with Crippen molar-refractivity contribution in [3.63, 3.8) is 0 Å². The third kappa shape index (κ3) is 2.72. The van der Waals surface area contributed by atoms with Crippen LogP contribution in [0, 0.1) is 5.41 Å². The summed E-state index contributed by atoms with van der Waals surface area (Å²) in [6.45, 7) is 16.7. The van der Waals surface area contributed by atoms with Crippen molar-refractivity contribution in [2.24, 2.45) is 5.41 Å². The van der Waals surface area contributed by atoms with Crippen LogP contribution in [0.25, 0.3) is 0 Å². The Bertz CT molecular complexity index is 315. The maximum Gasteiger partial charge on any atom is 0.0196 e. The topological polar surface area (TPSA) is 12.0 Å². The van der Waals surface area contributed by atoms with Crippen molar-refractivity contribution in [2.45, 2.75) is 54.0 Å². The van der Waals surface area contributed by atoms with Crippen LogP contribution in [0.15, 0.2) is 22.8 Å². The fourth-order valence-electron chi connectivity index (χ4n) is 2.05. The van der Waals surface area contributed by atoms with E-state index in [0.29, 0.717) is 0 Å². The standard InChI is InChI=1S/C14H25N/c1-10-8-14(7,12(3)11(10)2)9-15-13(4,5)6/h8,15H,9H2,1-7H3. The average Bonchev–Trinajstić information content (AvgIpc) is 2.27. The molecule has 1 atom stereocenters. The Hall–Kier alpha value is -0.560. The molecule has 1 aliphatic rings. The van der Waals surface area contributed by atoms with Gasteiger partial charge >= 0.3 is 0 Å². The molecule has 15 heavy (non-hydrogen) atoms. The highest BCUT2D eigenvalue weighted by Gasteiger charge is 2.31. The van der Waals surface area contributed by atoms with Crippen LogP contribution in [0.4, 0.5) is 0 Å². The maximum absolute atomic E-state index is 3.60. The Labute approximate surface area is 94.6 Å². The largest absolute Gasteiger partial charge is 0.311 e. The number of hydrogen-bond acceptors (Lipinski definition) is 1. The Morgan fingerprint density at radius 2 is 1.73 bits per heavy atom. The van der Waals surface area contributed by atoms with Gasteiger partial charge in [0.15, 0.2) is 0 Å². The molecule has 0 aromatic heterocycles. The first-order chi connectivity index (χ1) is 6.66. The summed E-state index contributed by atoms with van der Waals surface area (Å²) in [5.41, 5.74) is 4.82. The third-order valence-corrected chi connectivity index (χ3v) is 3.53. The molecule has 0 aromatic rings. The molecular weight excluding hydrogens is 182 g/mol. The van der Waals surface area contributed by atoms with Gasteiger partial charge in [-0.3, -0.25) is 0 Å². The fraction of sp³-hybridized carbons (Fsp3) is 0.714. The van der Waals surface area contributed by atoms with E-state index in [0.717, 1.165) is 6.54 Å². The van der Waals surface area contributed by atoms with Crippen molar-refractivity contribution in [1.29, 1.82) is 0 Å². The van der Waals surface area contributed by atoms with Gasteiger partial charge in [-0.25, -0.2) is 0 Å². The zero-order valence-corrected chi connectivity index (χ0v) is 11.3. The molecule has 0 fully saturated rings. The molecule has 0 amide bonds. The summed E-state index contributed by atoms with van der Waals surface area (Å²) < 4.78 is 0. The lowest BCUT2D eigenvalue weighted by atomic mass is 9.84. The summed E-state index contributed by atoms with van der Waals surface area (Å²) in [5, 5.41) is 3.60. The second-order valence-electron chi connectivity index (χ2n) is 6.10. The van der Waals surface area contributed by atoms with Gasteiger partial charge in [0.05, 0.1) is 0 Å². The van der Waals surface area contributed by atoms with Crippen LogP contribution in [0.5, 0.6) is 0 Å². The predicted octanol–water partition coefficient (Wildman–Crippen LogP) is 3.68. The molecule has 1 aliphatic carbocycles. The van der Waals surface area contributed by atoms with Gasteiger partial charge in [0.25, 0.3) is 0 Å². The van der Waals surface area contributed by atoms with Crippen LogP contribution in [-0.4, -0.2) is 12.1 Å². The van der Waals surface area contributed by atoms with Gasteiger partial charge in [0.1, 0.15) is 0 Å². The van der Waals surface area contributed by atoms with Crippen molar-refractivity contribution in [3.8, 4) is 0 Å². The van der Waals surface area contributed by atoms with E-state index in [-0.39, 0.29) is 11.0 Å². The molecule has 1 nitrogen and oxygen atoms in total. The van der Waals surface area contributed by atoms with Crippen molar-refractivity contribution in [1.82, 2.24) is 5.32 Å². The molecule has 86 valence electrons. The molecule has 0 aliphatic heterocycles. The molecule has 0 spiro atoms. The summed E-state index contributed by atoms with van der Waals surface area (Å²) in [6.07, 6.45) is 2.40. The first kappa shape index (κ1) is 12.5. The first-order valence-electron chi connectivity index (χ1n) is 5.78. The molecule has 0 radical (unpaired) electrons. The molecule has 1 N–H and O–H groups in total. The van der Waals surface area contributed by atoms with Gasteiger partial charge in [0, 0.05) is 17.5 Å². The molecule has 0 saturated heterocycles. The fourth-order valence-corrected chi connectivity index (χ4v) is 2.05. The van der Waals surface area contributed by atoms with E-state index in [9.17, 15) is 0 Å². The molecule has 1 rings (SSSR count). The Morgan fingerprint density at radius 1 is 1.20 bits per heavy atom. The van der Waals surface area contributed by atoms with Crippen molar-refractivity contribution < 1.29 is 0 Å². The van der Waals surface area contributed by atoms with E-state index >= 15 is 0 Å². The minimum Gasteiger partial charge on any atom is -0.311 e. The summed E-state index contributed by atoms with van der Waals surface area (Å²) in [7, 11) is 0. The zero-order chi connectivity index (χ0) is 11.9. The summed E-state index contributed by atoms with van der Waals surface area (Å²) in [4.78, 5) is 0. The van der Waals surface area contributed by atoms with Gasteiger partial charge in [-0.05, 0) is 47.1 Å². The number of nitrogens with one attached hydrogen (secondary N) is 1. The van der Waals surface area contributed by atoms with E-state index in [2.05, 4.69) is 59.9 Å². The number of hydrogen-bond donors (Lipinski definition) is 1. The highest BCUT2D eigenvalue weighted by molar-refractivity contribution is 5.45. The summed E-state index contributed by atoms with van der Waals surface area (Å²) >= 11 is 0. The van der Waals surface area contributed by atoms with Crippen LogP contribution in [0.3, 0.4) is 0 Å². The van der Waals surface area contributed by atoms with Gasteiger partial charge in [0.2, 0.25) is 0 Å². The van der Waals surface area contributed by atoms with E-state index < -0.39 is 0 Å². The van der Waals surface area contributed by atoms with Gasteiger partial charge in [-0.2, -0.15) is 0 Å². The lowest BCUT2D eigenvalue weighted by Crippen LogP contribution is -2.42. The van der Waals surface area contributed by atoms with E-state index in [1.807, 2.05) is 0 Å². The molecule has 0 aromatic carbocycles. The van der Waals surface area contributed by atoms with E-state index in [1.54, 1.807) is 0 Å². The lowest BCUT2D eigenvalue weighted by Gasteiger charge is -2.30. The van der Waals surface area contributed by atoms with Gasteiger partial charge in [-0.1, -0.05) is 24.1 Å². The summed E-state index contributed by atoms with van der Waals surface area (Å²) in [6, 6.07) is 0. The van der Waals surface area contributed by atoms with Crippen molar-refractivity contribution in [2.75, 3.05) is 6.54 Å². The second-order valence-corrected chi connectivity index (χ2v) is 6.10. The molecule has 1 unspecified atom stereocenters. The molecule has 1 heteroatoms. The molecule has 0 bridgehead atoms. The Morgan fingerprint density at radius 3 is 2.07 bits per heavy atom. The number of allylic oxidation sites excluding steroid dienone is 2. The smallest absolute Gasteiger partial charge is 0.0196 e. The van der Waals surface area contributed by atoms with Crippen LogP contribution >= 0.6 is 0 Å². The van der Waals surface area contributed by atoms with Crippen molar-refractivity contribution >= 4 is 0 Å². The van der Waals surface area contributed by atoms with Gasteiger partial charge in [-0.15, -0.1) is 0 Å². The molecule has 0 saturated carbocycles. The quantitative estimate of drug-likeness (QED) is 0.728. The highest BCUT2D eigenvalue weighted by Crippen LogP contribution is 2.40. The maximum atomic E-state index is 3.60. The number of rotatable bonds is 2. The first-order valence-corrected chi connectivity index (χ1v) is 5.78. The van der Waals surface area contributed by atoms with Crippen LogP contribution in [-0.2, 0) is 0 Å². The van der Waals surface area contributed by atoms with Crippen LogP contribution in [0.1, 0.15) is 48.5 Å². The average molecular weight is 207 g/mol. The Balaban J connectivity index is 2.79. The predicted molar refractivity (Wildman–Crippen MR) is 68.0 cm³/mol. The molecular formula is C14H25N. The minimum absolute atomic E-state index is 0.196. The summed E-state index contributed by atoms with van der Waals surface area (Å²) in [5.74, 6) is 0. The monoisotopic (exact) mass is 207 g/mol. The SMILES string of the molecule is CC1=CC(C)(CNC(C)(C)C)C(C)=C1C. The van der Waals surface area contributed by atoms with Crippen molar-refractivity contribution in [3.05, 3.63) is 22.8 Å². The highest BCUT2D eigenvalue weighted by atomic mass is 15.0. The minimum atomic E-state index is 0.196. The van der Waals surface area contributed by atoms with E-state index in [4.69, 9.17) is 0 Å². The normalized spacial score (nSPS) is 27.3. The van der Waals surface area contributed by atoms with E-state index in [1.165, 1.54) is 16.7 Å². The van der Waals surface area contributed by atoms with Gasteiger partial charge < -0.3 is 5.32 Å². The Kier molecular flexibility index (Phi) is 3.16. The molecule has 0 heterocycles. The lowest BCUT2D eigenvalue weighted by molar-refractivity contribution is 0.359.